The number of ketones is 1. The van der Waals surface area contributed by atoms with E-state index in [9.17, 15) is 14.7 Å². The zero-order chi connectivity index (χ0) is 22.0. The lowest BCUT2D eigenvalue weighted by Crippen LogP contribution is -2.36. The molecular formula is C24H26N2O5. The summed E-state index contributed by atoms with van der Waals surface area (Å²) in [5, 5.41) is 11.1. The molecule has 2 aromatic rings. The Hall–Kier alpha value is -3.19. The summed E-state index contributed by atoms with van der Waals surface area (Å²) in [6.45, 7) is 5.23. The Labute approximate surface area is 181 Å². The molecule has 1 N–H and O–H groups in total. The summed E-state index contributed by atoms with van der Waals surface area (Å²) >= 11 is 0. The van der Waals surface area contributed by atoms with E-state index >= 15 is 0 Å². The second-order valence-electron chi connectivity index (χ2n) is 7.75. The molecule has 0 spiro atoms. The summed E-state index contributed by atoms with van der Waals surface area (Å²) in [4.78, 5) is 31.9. The second-order valence-corrected chi connectivity index (χ2v) is 7.75. The predicted molar refractivity (Wildman–Crippen MR) is 115 cm³/mol. The second kappa shape index (κ2) is 8.89. The standard InChI is InChI=1S/C24H26N2O5/c1-3-30-19-10-9-16(13-15(19)2)22(27)20-21(18-8-4-5-11-25-18)26(24(29)23(20)28)14-17-7-6-12-31-17/h4-5,8-11,13,17,21,27H,3,6-7,12,14H2,1-2H3/b22-20-. The summed E-state index contributed by atoms with van der Waals surface area (Å²) in [6, 6.07) is 9.76. The largest absolute Gasteiger partial charge is 0.507 e. The number of likely N-dealkylation sites (tertiary alicyclic amines) is 1. The van der Waals surface area contributed by atoms with Crippen LogP contribution in [0.25, 0.3) is 5.76 Å². The van der Waals surface area contributed by atoms with Gasteiger partial charge in [0, 0.05) is 24.9 Å². The van der Waals surface area contributed by atoms with Gasteiger partial charge in [-0.05, 0) is 62.6 Å². The lowest BCUT2D eigenvalue weighted by Gasteiger charge is -2.26. The van der Waals surface area contributed by atoms with Crippen LogP contribution in [0, 0.1) is 6.92 Å². The zero-order valence-corrected chi connectivity index (χ0v) is 17.7. The number of carbonyl (C=O) groups excluding carboxylic acids is 2. The molecule has 0 saturated carbocycles. The molecule has 1 amide bonds. The van der Waals surface area contributed by atoms with Gasteiger partial charge in [0.2, 0.25) is 0 Å². The fourth-order valence-electron chi connectivity index (χ4n) is 4.19. The summed E-state index contributed by atoms with van der Waals surface area (Å²) in [5.41, 5.74) is 1.86. The maximum atomic E-state index is 13.0. The van der Waals surface area contributed by atoms with Crippen molar-refractivity contribution in [2.45, 2.75) is 38.8 Å². The lowest BCUT2D eigenvalue weighted by atomic mass is 9.97. The van der Waals surface area contributed by atoms with Crippen molar-refractivity contribution in [1.82, 2.24) is 9.88 Å². The van der Waals surface area contributed by atoms with Crippen LogP contribution in [0.15, 0.2) is 48.2 Å². The van der Waals surface area contributed by atoms with E-state index in [0.717, 1.165) is 18.4 Å². The number of hydrogen-bond donors (Lipinski definition) is 1. The molecule has 2 aliphatic rings. The molecule has 162 valence electrons. The maximum absolute atomic E-state index is 13.0. The summed E-state index contributed by atoms with van der Waals surface area (Å²) in [6.07, 6.45) is 3.24. The van der Waals surface area contributed by atoms with Crippen LogP contribution in [-0.4, -0.2) is 52.5 Å². The lowest BCUT2D eigenvalue weighted by molar-refractivity contribution is -0.140. The van der Waals surface area contributed by atoms with E-state index in [2.05, 4.69) is 4.98 Å². The van der Waals surface area contributed by atoms with Crippen molar-refractivity contribution in [3.63, 3.8) is 0 Å². The van der Waals surface area contributed by atoms with Crippen LogP contribution in [0.1, 0.15) is 42.6 Å². The average Bonchev–Trinajstić information content (AvgIpc) is 3.38. The minimum absolute atomic E-state index is 0.0465. The zero-order valence-electron chi connectivity index (χ0n) is 17.7. The number of hydrogen-bond acceptors (Lipinski definition) is 6. The molecule has 1 aromatic heterocycles. The van der Waals surface area contributed by atoms with E-state index in [-0.39, 0.29) is 24.0 Å². The predicted octanol–water partition coefficient (Wildman–Crippen LogP) is 3.39. The van der Waals surface area contributed by atoms with Gasteiger partial charge in [0.1, 0.15) is 17.6 Å². The molecule has 2 saturated heterocycles. The number of carbonyl (C=O) groups is 2. The van der Waals surface area contributed by atoms with Crippen LogP contribution in [0.3, 0.4) is 0 Å². The molecule has 7 heteroatoms. The van der Waals surface area contributed by atoms with Gasteiger partial charge < -0.3 is 19.5 Å². The van der Waals surface area contributed by atoms with Crippen molar-refractivity contribution < 1.29 is 24.2 Å². The SMILES string of the molecule is CCOc1ccc(/C(O)=C2/C(=O)C(=O)N(CC3CCCO3)C2c2ccccn2)cc1C. The van der Waals surface area contributed by atoms with Gasteiger partial charge in [-0.2, -0.15) is 0 Å². The molecule has 2 aliphatic heterocycles. The first-order valence-electron chi connectivity index (χ1n) is 10.6. The van der Waals surface area contributed by atoms with Gasteiger partial charge in [-0.3, -0.25) is 14.6 Å². The van der Waals surface area contributed by atoms with Crippen LogP contribution < -0.4 is 4.74 Å². The van der Waals surface area contributed by atoms with Gasteiger partial charge >= 0.3 is 0 Å². The van der Waals surface area contributed by atoms with Crippen molar-refractivity contribution >= 4 is 17.4 Å². The van der Waals surface area contributed by atoms with Crippen LogP contribution in [0.2, 0.25) is 0 Å². The topological polar surface area (TPSA) is 89.0 Å². The fraction of sp³-hybridized carbons (Fsp3) is 0.375. The summed E-state index contributed by atoms with van der Waals surface area (Å²) in [5.74, 6) is -0.859. The van der Waals surface area contributed by atoms with Crippen molar-refractivity contribution in [3.05, 3.63) is 65.0 Å². The van der Waals surface area contributed by atoms with Crippen molar-refractivity contribution in [2.24, 2.45) is 0 Å². The number of aromatic nitrogens is 1. The smallest absolute Gasteiger partial charge is 0.295 e. The molecule has 4 rings (SSSR count). The minimum atomic E-state index is -0.766. The van der Waals surface area contributed by atoms with Gasteiger partial charge in [0.05, 0.1) is 24.0 Å². The maximum Gasteiger partial charge on any atom is 0.295 e. The minimum Gasteiger partial charge on any atom is -0.507 e. The van der Waals surface area contributed by atoms with Crippen molar-refractivity contribution in [1.29, 1.82) is 0 Å². The van der Waals surface area contributed by atoms with E-state index < -0.39 is 17.7 Å². The normalized spacial score (nSPS) is 22.8. The van der Waals surface area contributed by atoms with Crippen molar-refractivity contribution in [3.8, 4) is 5.75 Å². The number of aliphatic hydroxyl groups excluding tert-OH is 1. The number of nitrogens with zero attached hydrogens (tertiary/aromatic N) is 2. The highest BCUT2D eigenvalue weighted by Crippen LogP contribution is 2.39. The van der Waals surface area contributed by atoms with Crippen LogP contribution in [0.4, 0.5) is 0 Å². The Morgan fingerprint density at radius 2 is 2.13 bits per heavy atom. The number of benzene rings is 1. The Morgan fingerprint density at radius 1 is 1.29 bits per heavy atom. The third kappa shape index (κ3) is 4.05. The molecular weight excluding hydrogens is 396 g/mol. The van der Waals surface area contributed by atoms with E-state index in [1.54, 1.807) is 42.6 Å². The highest BCUT2D eigenvalue weighted by atomic mass is 16.5. The van der Waals surface area contributed by atoms with Crippen LogP contribution >= 0.6 is 0 Å². The van der Waals surface area contributed by atoms with E-state index in [1.807, 2.05) is 13.8 Å². The Kier molecular flexibility index (Phi) is 6.04. The number of Topliss-reactive ketones (excluding diaryl/α,β-unsaturated/α-hetero) is 1. The molecule has 2 unspecified atom stereocenters. The molecule has 3 heterocycles. The molecule has 0 aliphatic carbocycles. The fourth-order valence-corrected chi connectivity index (χ4v) is 4.19. The highest BCUT2D eigenvalue weighted by Gasteiger charge is 2.47. The number of ether oxygens (including phenoxy) is 2. The highest BCUT2D eigenvalue weighted by molar-refractivity contribution is 6.46. The van der Waals surface area contributed by atoms with Crippen molar-refractivity contribution in [2.75, 3.05) is 19.8 Å². The molecule has 31 heavy (non-hydrogen) atoms. The van der Waals surface area contributed by atoms with E-state index in [4.69, 9.17) is 9.47 Å². The molecule has 0 bridgehead atoms. The van der Waals surface area contributed by atoms with Gasteiger partial charge in [-0.15, -0.1) is 0 Å². The monoisotopic (exact) mass is 422 g/mol. The molecule has 1 aromatic carbocycles. The third-order valence-corrected chi connectivity index (χ3v) is 5.68. The number of aryl methyl sites for hydroxylation is 1. The number of rotatable bonds is 6. The Balaban J connectivity index is 1.79. The molecule has 0 radical (unpaired) electrons. The summed E-state index contributed by atoms with van der Waals surface area (Å²) in [7, 11) is 0. The van der Waals surface area contributed by atoms with E-state index in [1.165, 1.54) is 4.90 Å². The average molecular weight is 422 g/mol. The number of pyridine rings is 1. The number of aliphatic hydroxyl groups is 1. The first-order valence-corrected chi connectivity index (χ1v) is 10.6. The van der Waals surface area contributed by atoms with Gasteiger partial charge in [0.25, 0.3) is 11.7 Å². The first-order chi connectivity index (χ1) is 15.0. The summed E-state index contributed by atoms with van der Waals surface area (Å²) < 4.78 is 11.3. The Bertz CT molecular complexity index is 1010. The Morgan fingerprint density at radius 3 is 2.77 bits per heavy atom. The molecule has 7 nitrogen and oxygen atoms in total. The quantitative estimate of drug-likeness (QED) is 0.436. The van der Waals surface area contributed by atoms with Crippen LogP contribution in [0.5, 0.6) is 5.75 Å². The van der Waals surface area contributed by atoms with Gasteiger partial charge in [-0.25, -0.2) is 0 Å². The van der Waals surface area contributed by atoms with Gasteiger partial charge in [0.15, 0.2) is 0 Å². The molecule has 2 fully saturated rings. The third-order valence-electron chi connectivity index (χ3n) is 5.68. The van der Waals surface area contributed by atoms with Crippen LogP contribution in [-0.2, 0) is 14.3 Å². The van der Waals surface area contributed by atoms with Gasteiger partial charge in [-0.1, -0.05) is 6.07 Å². The van der Waals surface area contributed by atoms with E-state index in [0.29, 0.717) is 30.2 Å². The first kappa shape index (κ1) is 21.1. The molecule has 2 atom stereocenters. The number of amides is 1.